The van der Waals surface area contributed by atoms with E-state index in [0.29, 0.717) is 5.56 Å². The molecule has 1 aliphatic rings. The van der Waals surface area contributed by atoms with Crippen LogP contribution in [0.15, 0.2) is 42.6 Å². The second-order valence-electron chi connectivity index (χ2n) is 4.88. The molecule has 4 nitrogen and oxygen atoms in total. The van der Waals surface area contributed by atoms with Gasteiger partial charge in [-0.1, -0.05) is 19.1 Å². The first-order valence-corrected chi connectivity index (χ1v) is 6.83. The van der Waals surface area contributed by atoms with Crippen molar-refractivity contribution in [1.82, 2.24) is 4.98 Å². The van der Waals surface area contributed by atoms with Crippen LogP contribution in [-0.4, -0.2) is 24.5 Å². The van der Waals surface area contributed by atoms with Crippen molar-refractivity contribution in [3.63, 3.8) is 0 Å². The van der Waals surface area contributed by atoms with E-state index in [-0.39, 0.29) is 5.91 Å². The molecule has 0 fully saturated rings. The topological polar surface area (TPSA) is 36.4 Å². The summed E-state index contributed by atoms with van der Waals surface area (Å²) in [6, 6.07) is 11.6. The highest BCUT2D eigenvalue weighted by Crippen LogP contribution is 2.38. The average molecular weight is 267 g/mol. The van der Waals surface area contributed by atoms with Gasteiger partial charge in [0.25, 0.3) is 5.91 Å². The van der Waals surface area contributed by atoms with Crippen molar-refractivity contribution in [3.8, 4) is 0 Å². The number of rotatable bonds is 2. The molecule has 0 N–H and O–H groups in total. The molecule has 2 aromatic rings. The van der Waals surface area contributed by atoms with Crippen molar-refractivity contribution in [2.45, 2.75) is 13.3 Å². The lowest BCUT2D eigenvalue weighted by Crippen LogP contribution is -2.25. The first-order valence-electron chi connectivity index (χ1n) is 6.83. The third-order valence-electron chi connectivity index (χ3n) is 3.56. The van der Waals surface area contributed by atoms with E-state index < -0.39 is 0 Å². The first-order chi connectivity index (χ1) is 9.74. The largest absolute Gasteiger partial charge is 0.324 e. The number of carbonyl (C=O) groups is 1. The molecule has 1 aromatic heterocycles. The fraction of sp³-hybridized carbons (Fsp3) is 0.250. The van der Waals surface area contributed by atoms with E-state index in [1.807, 2.05) is 43.4 Å². The van der Waals surface area contributed by atoms with E-state index in [4.69, 9.17) is 0 Å². The molecular weight excluding hydrogens is 250 g/mol. The summed E-state index contributed by atoms with van der Waals surface area (Å²) in [4.78, 5) is 20.9. The Hall–Kier alpha value is -2.36. The lowest BCUT2D eigenvalue weighted by molar-refractivity contribution is 0.0994. The number of benzene rings is 1. The number of carbonyl (C=O) groups excluding carboxylic acids is 1. The molecule has 2 heterocycles. The molecule has 0 spiro atoms. The number of aromatic nitrogens is 1. The summed E-state index contributed by atoms with van der Waals surface area (Å²) in [5.74, 6) is 0.732. The van der Waals surface area contributed by atoms with Gasteiger partial charge in [-0.05, 0) is 30.7 Å². The monoisotopic (exact) mass is 267 g/mol. The molecule has 0 unspecified atom stereocenters. The zero-order chi connectivity index (χ0) is 14.1. The van der Waals surface area contributed by atoms with Crippen molar-refractivity contribution in [2.24, 2.45) is 0 Å². The van der Waals surface area contributed by atoms with E-state index in [0.717, 1.165) is 30.2 Å². The highest BCUT2D eigenvalue weighted by Gasteiger charge is 2.28. The van der Waals surface area contributed by atoms with Gasteiger partial charge in [0.05, 0.1) is 16.9 Å². The molecule has 1 amide bonds. The van der Waals surface area contributed by atoms with Gasteiger partial charge in [-0.15, -0.1) is 0 Å². The minimum Gasteiger partial charge on any atom is -0.324 e. The minimum absolute atomic E-state index is 0.0147. The second kappa shape index (κ2) is 4.96. The molecule has 3 rings (SSSR count). The van der Waals surface area contributed by atoms with Gasteiger partial charge in [0.15, 0.2) is 0 Å². The van der Waals surface area contributed by atoms with Crippen LogP contribution in [-0.2, 0) is 0 Å². The first kappa shape index (κ1) is 12.7. The molecule has 4 heteroatoms. The van der Waals surface area contributed by atoms with Crippen LogP contribution in [0.25, 0.3) is 0 Å². The average Bonchev–Trinajstić information content (AvgIpc) is 2.58. The number of anilines is 3. The summed E-state index contributed by atoms with van der Waals surface area (Å²) in [6.45, 7) is 2.96. The van der Waals surface area contributed by atoms with E-state index in [9.17, 15) is 4.79 Å². The number of fused-ring (bicyclic) bond motifs is 2. The summed E-state index contributed by atoms with van der Waals surface area (Å²) in [5, 5.41) is 0. The Labute approximate surface area is 118 Å². The number of amides is 1. The van der Waals surface area contributed by atoms with Crippen LogP contribution in [0.4, 0.5) is 17.2 Å². The van der Waals surface area contributed by atoms with Gasteiger partial charge in [-0.2, -0.15) is 0 Å². The highest BCUT2D eigenvalue weighted by atomic mass is 16.2. The summed E-state index contributed by atoms with van der Waals surface area (Å²) in [5.41, 5.74) is 2.60. The molecule has 1 aromatic carbocycles. The lowest BCUT2D eigenvalue weighted by atomic mass is 10.2. The number of pyridine rings is 1. The maximum absolute atomic E-state index is 12.6. The van der Waals surface area contributed by atoms with Gasteiger partial charge in [-0.25, -0.2) is 4.98 Å². The molecule has 0 atom stereocenters. The van der Waals surface area contributed by atoms with Crippen LogP contribution in [0, 0.1) is 0 Å². The van der Waals surface area contributed by atoms with Gasteiger partial charge in [0.2, 0.25) is 0 Å². The molecule has 0 radical (unpaired) electrons. The molecular formula is C16H17N3O. The van der Waals surface area contributed by atoms with Crippen LogP contribution in [0.3, 0.4) is 0 Å². The molecule has 0 saturated heterocycles. The van der Waals surface area contributed by atoms with E-state index in [1.54, 1.807) is 11.1 Å². The van der Waals surface area contributed by atoms with Gasteiger partial charge >= 0.3 is 0 Å². The zero-order valence-electron chi connectivity index (χ0n) is 11.7. The fourth-order valence-electron chi connectivity index (χ4n) is 2.61. The number of nitrogens with zero attached hydrogens (tertiary/aromatic N) is 3. The SMILES string of the molecule is CCCN1c2ccccc2N(C)C(=O)c2cccnc21. The van der Waals surface area contributed by atoms with Crippen LogP contribution in [0.1, 0.15) is 23.7 Å². The van der Waals surface area contributed by atoms with Crippen LogP contribution >= 0.6 is 0 Å². The maximum atomic E-state index is 12.6. The Morgan fingerprint density at radius 3 is 2.60 bits per heavy atom. The van der Waals surface area contributed by atoms with E-state index in [2.05, 4.69) is 16.8 Å². The van der Waals surface area contributed by atoms with Crippen LogP contribution < -0.4 is 9.80 Å². The van der Waals surface area contributed by atoms with E-state index in [1.165, 1.54) is 0 Å². The molecule has 1 aliphatic heterocycles. The molecule has 0 bridgehead atoms. The predicted octanol–water partition coefficient (Wildman–Crippen LogP) is 3.22. The predicted molar refractivity (Wildman–Crippen MR) is 80.7 cm³/mol. The third kappa shape index (κ3) is 1.84. The Morgan fingerprint density at radius 1 is 1.10 bits per heavy atom. The maximum Gasteiger partial charge on any atom is 0.261 e. The zero-order valence-corrected chi connectivity index (χ0v) is 11.7. The summed E-state index contributed by atoms with van der Waals surface area (Å²) in [7, 11) is 1.81. The normalized spacial score (nSPS) is 13.8. The van der Waals surface area contributed by atoms with Crippen molar-refractivity contribution in [3.05, 3.63) is 48.2 Å². The van der Waals surface area contributed by atoms with Crippen molar-refractivity contribution < 1.29 is 4.79 Å². The van der Waals surface area contributed by atoms with Crippen molar-refractivity contribution in [2.75, 3.05) is 23.4 Å². The van der Waals surface area contributed by atoms with Crippen LogP contribution in [0.5, 0.6) is 0 Å². The number of hydrogen-bond acceptors (Lipinski definition) is 3. The Kier molecular flexibility index (Phi) is 3.14. The molecule has 0 saturated carbocycles. The van der Waals surface area contributed by atoms with Gasteiger partial charge in [0, 0.05) is 19.8 Å². The van der Waals surface area contributed by atoms with Crippen molar-refractivity contribution in [1.29, 1.82) is 0 Å². The number of hydrogen-bond donors (Lipinski definition) is 0. The van der Waals surface area contributed by atoms with Crippen LogP contribution in [0.2, 0.25) is 0 Å². The molecule has 20 heavy (non-hydrogen) atoms. The van der Waals surface area contributed by atoms with Crippen molar-refractivity contribution >= 4 is 23.1 Å². The summed E-state index contributed by atoms with van der Waals surface area (Å²) < 4.78 is 0. The standard InChI is InChI=1S/C16H17N3O/c1-3-11-19-14-9-5-4-8-13(14)18(2)16(20)12-7-6-10-17-15(12)19/h4-10H,3,11H2,1-2H3. The Morgan fingerprint density at radius 2 is 1.85 bits per heavy atom. The minimum atomic E-state index is -0.0147. The molecule has 102 valence electrons. The lowest BCUT2D eigenvalue weighted by Gasteiger charge is -2.25. The third-order valence-corrected chi connectivity index (χ3v) is 3.56. The van der Waals surface area contributed by atoms with Gasteiger partial charge in [-0.3, -0.25) is 4.79 Å². The second-order valence-corrected chi connectivity index (χ2v) is 4.88. The van der Waals surface area contributed by atoms with Gasteiger partial charge < -0.3 is 9.80 Å². The van der Waals surface area contributed by atoms with Gasteiger partial charge in [0.1, 0.15) is 5.82 Å². The summed E-state index contributed by atoms with van der Waals surface area (Å²) in [6.07, 6.45) is 2.73. The summed E-state index contributed by atoms with van der Waals surface area (Å²) >= 11 is 0. The fourth-order valence-corrected chi connectivity index (χ4v) is 2.61. The Balaban J connectivity index is 2.27. The highest BCUT2D eigenvalue weighted by molar-refractivity contribution is 6.12. The smallest absolute Gasteiger partial charge is 0.261 e. The Bertz CT molecular complexity index is 654. The quantitative estimate of drug-likeness (QED) is 0.838. The molecule has 0 aliphatic carbocycles. The van der Waals surface area contributed by atoms with E-state index >= 15 is 0 Å². The number of para-hydroxylation sites is 2.